The number of ether oxygens (including phenoxy) is 1. The second-order valence-corrected chi connectivity index (χ2v) is 4.64. The lowest BCUT2D eigenvalue weighted by molar-refractivity contribution is -0.125. The van der Waals surface area contributed by atoms with Crippen LogP contribution in [-0.2, 0) is 4.79 Å². The fraction of sp³-hybridized carbons (Fsp3) is 0.500. The van der Waals surface area contributed by atoms with Gasteiger partial charge in [0.1, 0.15) is 6.61 Å². The lowest BCUT2D eigenvalue weighted by Gasteiger charge is -2.20. The number of ketones is 1. The first kappa shape index (κ1) is 13.0. The van der Waals surface area contributed by atoms with Crippen LogP contribution >= 0.6 is 0 Å². The van der Waals surface area contributed by atoms with Crippen LogP contribution in [-0.4, -0.2) is 12.4 Å². The molecule has 0 aliphatic heterocycles. The van der Waals surface area contributed by atoms with E-state index < -0.39 is 17.4 Å². The van der Waals surface area contributed by atoms with Gasteiger partial charge in [-0.3, -0.25) is 4.79 Å². The highest BCUT2D eigenvalue weighted by molar-refractivity contribution is 5.82. The predicted molar refractivity (Wildman–Crippen MR) is 63.4 cm³/mol. The van der Waals surface area contributed by atoms with E-state index in [0.29, 0.717) is 0 Å². The molecule has 0 unspecified atom stereocenters. The fourth-order valence-corrected chi connectivity index (χ4v) is 2.31. The summed E-state index contributed by atoms with van der Waals surface area (Å²) in [6, 6.07) is 3.49. The van der Waals surface area contributed by atoms with E-state index in [1.165, 1.54) is 6.07 Å². The summed E-state index contributed by atoms with van der Waals surface area (Å²) >= 11 is 0. The molecule has 1 saturated carbocycles. The average molecular weight is 254 g/mol. The lowest BCUT2D eigenvalue weighted by Crippen LogP contribution is -2.24. The molecule has 18 heavy (non-hydrogen) atoms. The molecule has 1 aliphatic carbocycles. The van der Waals surface area contributed by atoms with Gasteiger partial charge in [-0.1, -0.05) is 25.3 Å². The van der Waals surface area contributed by atoms with Crippen LogP contribution in [0.15, 0.2) is 18.2 Å². The van der Waals surface area contributed by atoms with Gasteiger partial charge in [0.15, 0.2) is 23.2 Å². The zero-order valence-electron chi connectivity index (χ0n) is 10.1. The Bertz CT molecular complexity index is 406. The maximum Gasteiger partial charge on any atom is 0.191 e. The second-order valence-electron chi connectivity index (χ2n) is 4.64. The maximum absolute atomic E-state index is 13.3. The minimum absolute atomic E-state index is 0.00594. The van der Waals surface area contributed by atoms with Crippen molar-refractivity contribution in [3.8, 4) is 5.75 Å². The maximum atomic E-state index is 13.3. The molecule has 0 radical (unpaired) electrons. The van der Waals surface area contributed by atoms with Crippen molar-refractivity contribution in [3.63, 3.8) is 0 Å². The molecule has 0 bridgehead atoms. The third kappa shape index (κ3) is 3.06. The van der Waals surface area contributed by atoms with Crippen molar-refractivity contribution in [2.45, 2.75) is 32.1 Å². The van der Waals surface area contributed by atoms with Crippen LogP contribution in [0.2, 0.25) is 0 Å². The van der Waals surface area contributed by atoms with Crippen molar-refractivity contribution in [2.75, 3.05) is 6.61 Å². The molecule has 4 heteroatoms. The predicted octanol–water partition coefficient (Wildman–Crippen LogP) is 3.49. The third-order valence-electron chi connectivity index (χ3n) is 3.34. The number of carbonyl (C=O) groups excluding carboxylic acids is 1. The standard InChI is InChI=1S/C14H16F2O2/c15-11-7-4-8-12(16)14(11)18-9-13(17)10-5-2-1-3-6-10/h4,7-8,10H,1-3,5-6,9H2. The summed E-state index contributed by atoms with van der Waals surface area (Å²) in [5, 5.41) is 0. The Hall–Kier alpha value is -1.45. The van der Waals surface area contributed by atoms with E-state index in [0.717, 1.165) is 44.2 Å². The SMILES string of the molecule is O=C(COc1c(F)cccc1F)C1CCCCC1. The largest absolute Gasteiger partial charge is 0.480 e. The van der Waals surface area contributed by atoms with Gasteiger partial charge in [-0.2, -0.15) is 0 Å². The summed E-state index contributed by atoms with van der Waals surface area (Å²) in [5.74, 6) is -2.06. The molecule has 1 aliphatic rings. The summed E-state index contributed by atoms with van der Waals surface area (Å²) in [4.78, 5) is 11.8. The first-order chi connectivity index (χ1) is 8.68. The zero-order chi connectivity index (χ0) is 13.0. The topological polar surface area (TPSA) is 26.3 Å². The number of halogens is 2. The molecule has 0 spiro atoms. The van der Waals surface area contributed by atoms with Gasteiger partial charge in [-0.05, 0) is 25.0 Å². The van der Waals surface area contributed by atoms with Crippen LogP contribution in [0.25, 0.3) is 0 Å². The second kappa shape index (κ2) is 5.94. The van der Waals surface area contributed by atoms with E-state index in [9.17, 15) is 13.6 Å². The van der Waals surface area contributed by atoms with Gasteiger partial charge >= 0.3 is 0 Å². The highest BCUT2D eigenvalue weighted by atomic mass is 19.1. The highest BCUT2D eigenvalue weighted by Gasteiger charge is 2.22. The zero-order valence-corrected chi connectivity index (χ0v) is 10.1. The van der Waals surface area contributed by atoms with Gasteiger partial charge in [0.25, 0.3) is 0 Å². The molecule has 1 fully saturated rings. The van der Waals surface area contributed by atoms with Crippen molar-refractivity contribution in [1.29, 1.82) is 0 Å². The molecule has 1 aromatic carbocycles. The molecule has 1 aromatic rings. The molecule has 0 amide bonds. The number of rotatable bonds is 4. The number of hydrogen-bond donors (Lipinski definition) is 0. The van der Waals surface area contributed by atoms with Gasteiger partial charge in [0.2, 0.25) is 0 Å². The monoisotopic (exact) mass is 254 g/mol. The minimum atomic E-state index is -0.772. The van der Waals surface area contributed by atoms with Crippen molar-refractivity contribution < 1.29 is 18.3 Å². The van der Waals surface area contributed by atoms with E-state index in [4.69, 9.17) is 4.74 Å². The Morgan fingerprint density at radius 1 is 1.17 bits per heavy atom. The van der Waals surface area contributed by atoms with Crippen LogP contribution in [0.1, 0.15) is 32.1 Å². The van der Waals surface area contributed by atoms with Gasteiger partial charge in [0.05, 0.1) is 0 Å². The number of benzene rings is 1. The molecule has 0 N–H and O–H groups in total. The van der Waals surface area contributed by atoms with E-state index in [1.807, 2.05) is 0 Å². The molecule has 0 atom stereocenters. The molecule has 0 saturated heterocycles. The molecular weight excluding hydrogens is 238 g/mol. The van der Waals surface area contributed by atoms with Crippen molar-refractivity contribution >= 4 is 5.78 Å². The Labute approximate surface area is 105 Å². The van der Waals surface area contributed by atoms with Crippen LogP contribution in [0.5, 0.6) is 5.75 Å². The van der Waals surface area contributed by atoms with Crippen LogP contribution in [0.3, 0.4) is 0 Å². The molecule has 2 nitrogen and oxygen atoms in total. The van der Waals surface area contributed by atoms with Crippen molar-refractivity contribution in [2.24, 2.45) is 5.92 Å². The molecular formula is C14H16F2O2. The molecule has 2 rings (SSSR count). The first-order valence-electron chi connectivity index (χ1n) is 6.28. The van der Waals surface area contributed by atoms with E-state index in [-0.39, 0.29) is 18.3 Å². The number of Topliss-reactive ketones (excluding diaryl/α,β-unsaturated/α-hetero) is 1. The van der Waals surface area contributed by atoms with Crippen molar-refractivity contribution in [3.05, 3.63) is 29.8 Å². The molecule has 0 heterocycles. The highest BCUT2D eigenvalue weighted by Crippen LogP contribution is 2.25. The number of para-hydroxylation sites is 1. The Kier molecular flexibility index (Phi) is 4.28. The van der Waals surface area contributed by atoms with E-state index in [2.05, 4.69) is 0 Å². The van der Waals surface area contributed by atoms with Gasteiger partial charge < -0.3 is 4.74 Å². The number of carbonyl (C=O) groups is 1. The Morgan fingerprint density at radius 2 is 1.78 bits per heavy atom. The summed E-state index contributed by atoms with van der Waals surface area (Å²) in [5.41, 5.74) is 0. The van der Waals surface area contributed by atoms with E-state index >= 15 is 0 Å². The van der Waals surface area contributed by atoms with Crippen molar-refractivity contribution in [1.82, 2.24) is 0 Å². The number of hydrogen-bond acceptors (Lipinski definition) is 2. The van der Waals surface area contributed by atoms with E-state index in [1.54, 1.807) is 0 Å². The van der Waals surface area contributed by atoms with Crippen LogP contribution < -0.4 is 4.74 Å². The third-order valence-corrected chi connectivity index (χ3v) is 3.34. The summed E-state index contributed by atoms with van der Waals surface area (Å²) < 4.78 is 31.5. The molecule has 0 aromatic heterocycles. The van der Waals surface area contributed by atoms with Gasteiger partial charge in [-0.25, -0.2) is 8.78 Å². The summed E-state index contributed by atoms with van der Waals surface area (Å²) in [6.45, 7) is -0.248. The van der Waals surface area contributed by atoms with Crippen LogP contribution in [0, 0.1) is 17.6 Å². The lowest BCUT2D eigenvalue weighted by atomic mass is 9.86. The fourth-order valence-electron chi connectivity index (χ4n) is 2.31. The van der Waals surface area contributed by atoms with Gasteiger partial charge in [-0.15, -0.1) is 0 Å². The minimum Gasteiger partial charge on any atom is -0.480 e. The first-order valence-corrected chi connectivity index (χ1v) is 6.28. The molecule has 98 valence electrons. The Morgan fingerprint density at radius 3 is 2.39 bits per heavy atom. The van der Waals surface area contributed by atoms with Crippen LogP contribution in [0.4, 0.5) is 8.78 Å². The summed E-state index contributed by atoms with van der Waals surface area (Å²) in [7, 11) is 0. The average Bonchev–Trinajstić information content (AvgIpc) is 2.39. The normalized spacial score (nSPS) is 16.6. The smallest absolute Gasteiger partial charge is 0.191 e. The quantitative estimate of drug-likeness (QED) is 0.822. The van der Waals surface area contributed by atoms with Gasteiger partial charge in [0, 0.05) is 5.92 Å². The Balaban J connectivity index is 1.92. The summed E-state index contributed by atoms with van der Waals surface area (Å²) in [6.07, 6.45) is 4.98.